The summed E-state index contributed by atoms with van der Waals surface area (Å²) in [6.45, 7) is 0. The zero-order chi connectivity index (χ0) is 9.50. The highest BCUT2D eigenvalue weighted by Gasteiger charge is 2.91. The molecule has 0 N–H and O–H groups in total. The molecular weight excluding hydrogens is 192 g/mol. The van der Waals surface area contributed by atoms with E-state index < -0.39 is 0 Å². The van der Waals surface area contributed by atoms with E-state index in [2.05, 4.69) is 0 Å². The Balaban J connectivity index is 1.24. The maximum Gasteiger partial charge on any atom is -0.0312 e. The van der Waals surface area contributed by atoms with Gasteiger partial charge >= 0.3 is 0 Å². The topological polar surface area (TPSA) is 0 Å². The van der Waals surface area contributed by atoms with Crippen molar-refractivity contribution in [3.63, 3.8) is 0 Å². The van der Waals surface area contributed by atoms with Gasteiger partial charge in [0.25, 0.3) is 0 Å². The van der Waals surface area contributed by atoms with Gasteiger partial charge in [0.2, 0.25) is 0 Å². The van der Waals surface area contributed by atoms with Crippen molar-refractivity contribution >= 4 is 0 Å². The van der Waals surface area contributed by atoms with Gasteiger partial charge in [0.1, 0.15) is 0 Å². The molecule has 16 heavy (non-hydrogen) atoms. The Hall–Kier alpha value is 0. The van der Waals surface area contributed by atoms with Crippen molar-refractivity contribution in [1.82, 2.24) is 0 Å². The maximum absolute atomic E-state index is 1.68. The third kappa shape index (κ3) is 0.370. The van der Waals surface area contributed by atoms with E-state index in [0.717, 1.165) is 0 Å². The molecule has 0 aromatic heterocycles. The summed E-state index contributed by atoms with van der Waals surface area (Å²) in [5.74, 6) is 18.3. The summed E-state index contributed by atoms with van der Waals surface area (Å²) < 4.78 is 0. The average Bonchev–Trinajstić information content (AvgIpc) is 3.07. The van der Waals surface area contributed by atoms with Crippen molar-refractivity contribution in [1.29, 1.82) is 0 Å². The molecule has 0 amide bonds. The molecule has 12 atom stereocenters. The zero-order valence-corrected chi connectivity index (χ0v) is 9.50. The van der Waals surface area contributed by atoms with Gasteiger partial charge in [0.05, 0.1) is 0 Å². The summed E-state index contributed by atoms with van der Waals surface area (Å²) in [6.07, 6.45) is 3.35. The van der Waals surface area contributed by atoms with Gasteiger partial charge in [-0.05, 0) is 95.7 Å². The lowest BCUT2D eigenvalue weighted by Crippen LogP contribution is -2.85. The Bertz CT molecular complexity index is 396. The van der Waals surface area contributed by atoms with Gasteiger partial charge in [-0.3, -0.25) is 0 Å². The van der Waals surface area contributed by atoms with E-state index in [0.29, 0.717) is 0 Å². The summed E-state index contributed by atoms with van der Waals surface area (Å²) in [5.41, 5.74) is 0. The number of rotatable bonds is 0. The van der Waals surface area contributed by atoms with Crippen LogP contribution in [0.15, 0.2) is 0 Å². The van der Waals surface area contributed by atoms with E-state index in [4.69, 9.17) is 0 Å². The average molecular weight is 210 g/mol. The molecule has 0 aromatic rings. The lowest BCUT2D eigenvalue weighted by molar-refractivity contribution is -0.413. The maximum atomic E-state index is 1.68. The minimum absolute atomic E-state index is 1.29. The number of hydrogen-bond donors (Lipinski definition) is 0. The van der Waals surface area contributed by atoms with Crippen LogP contribution in [-0.4, -0.2) is 0 Å². The molecule has 0 heterocycles. The molecule has 0 aromatic carbocycles. The van der Waals surface area contributed by atoms with Crippen molar-refractivity contribution in [2.75, 3.05) is 0 Å². The SMILES string of the molecule is C1C2C1C1C2C2C1C1C3C4C5CC5C4C3C21. The fourth-order valence-corrected chi connectivity index (χ4v) is 9.30. The van der Waals surface area contributed by atoms with Crippen molar-refractivity contribution in [2.45, 2.75) is 12.8 Å². The van der Waals surface area contributed by atoms with Crippen LogP contribution in [0.25, 0.3) is 0 Å². The first-order valence-corrected chi connectivity index (χ1v) is 7.97. The molecule has 0 nitrogen and oxygen atoms in total. The lowest BCUT2D eigenvalue weighted by atomic mass is 9.17. The minimum atomic E-state index is 1.29. The molecule has 8 saturated carbocycles. The molecule has 82 valence electrons. The van der Waals surface area contributed by atoms with Crippen LogP contribution in [0.2, 0.25) is 0 Å². The van der Waals surface area contributed by atoms with Gasteiger partial charge in [0, 0.05) is 0 Å². The first kappa shape index (κ1) is 6.81. The van der Waals surface area contributed by atoms with Crippen molar-refractivity contribution in [2.24, 2.45) is 82.9 Å². The van der Waals surface area contributed by atoms with Gasteiger partial charge < -0.3 is 0 Å². The van der Waals surface area contributed by atoms with E-state index in [1.54, 1.807) is 12.8 Å². The van der Waals surface area contributed by atoms with E-state index in [9.17, 15) is 0 Å². The second kappa shape index (κ2) is 1.52. The fourth-order valence-electron chi connectivity index (χ4n) is 9.30. The predicted octanol–water partition coefficient (Wildman–Crippen LogP) is 2.50. The molecule has 0 aliphatic heterocycles. The molecule has 0 radical (unpaired) electrons. The summed E-state index contributed by atoms with van der Waals surface area (Å²) in [7, 11) is 0. The Morgan fingerprint density at radius 1 is 0.312 bits per heavy atom. The molecular formula is C16H18. The Labute approximate surface area is 96.2 Å². The minimum Gasteiger partial charge on any atom is -0.0465 e. The van der Waals surface area contributed by atoms with Gasteiger partial charge in [-0.2, -0.15) is 0 Å². The van der Waals surface area contributed by atoms with E-state index in [1.165, 1.54) is 82.9 Å². The Morgan fingerprint density at radius 2 is 0.562 bits per heavy atom. The van der Waals surface area contributed by atoms with Crippen molar-refractivity contribution < 1.29 is 0 Å². The zero-order valence-electron chi connectivity index (χ0n) is 9.50. The third-order valence-corrected chi connectivity index (χ3v) is 9.54. The molecule has 8 rings (SSSR count). The monoisotopic (exact) mass is 210 g/mol. The third-order valence-electron chi connectivity index (χ3n) is 9.54. The summed E-state index contributed by atoms with van der Waals surface area (Å²) in [5, 5.41) is 0. The first-order chi connectivity index (χ1) is 7.97. The van der Waals surface area contributed by atoms with Crippen LogP contribution >= 0.6 is 0 Å². The van der Waals surface area contributed by atoms with Crippen LogP contribution in [0, 0.1) is 82.9 Å². The van der Waals surface area contributed by atoms with Crippen LogP contribution in [0.3, 0.4) is 0 Å². The molecule has 0 heteroatoms. The second-order valence-corrected chi connectivity index (χ2v) is 8.90. The highest BCUT2D eigenvalue weighted by atomic mass is 14.9. The molecule has 0 spiro atoms. The van der Waals surface area contributed by atoms with E-state index in [-0.39, 0.29) is 0 Å². The van der Waals surface area contributed by atoms with Gasteiger partial charge in [-0.1, -0.05) is 0 Å². The van der Waals surface area contributed by atoms with Gasteiger partial charge in [-0.25, -0.2) is 0 Å². The smallest absolute Gasteiger partial charge is 0.0312 e. The molecule has 8 aliphatic rings. The normalized spacial score (nSPS) is 97.5. The van der Waals surface area contributed by atoms with Crippen LogP contribution in [0.1, 0.15) is 12.8 Å². The quantitative estimate of drug-likeness (QED) is 0.539. The molecule has 0 bridgehead atoms. The number of hydrogen-bond acceptors (Lipinski definition) is 0. The summed E-state index contributed by atoms with van der Waals surface area (Å²) in [6, 6.07) is 0. The van der Waals surface area contributed by atoms with Crippen molar-refractivity contribution in [3.8, 4) is 0 Å². The largest absolute Gasteiger partial charge is 0.0465 e. The molecule has 12 unspecified atom stereocenters. The first-order valence-electron chi connectivity index (χ1n) is 7.97. The van der Waals surface area contributed by atoms with Gasteiger partial charge in [0.15, 0.2) is 0 Å². The highest BCUT2D eigenvalue weighted by Crippen LogP contribution is 2.95. The number of fused-ring (bicyclic) bond motifs is 19. The van der Waals surface area contributed by atoms with Crippen molar-refractivity contribution in [3.05, 3.63) is 0 Å². The fraction of sp³-hybridized carbons (Fsp3) is 1.00. The van der Waals surface area contributed by atoms with Crippen LogP contribution in [0.5, 0.6) is 0 Å². The summed E-state index contributed by atoms with van der Waals surface area (Å²) >= 11 is 0. The standard InChI is InChI=1S/C16H18/c1-3-4(1)8-7(3)11-12(8)16-14-10-6-2-5(6)9(10)13(14)15(11)16/h3-16H,1-2H2. The van der Waals surface area contributed by atoms with Crippen LogP contribution in [0.4, 0.5) is 0 Å². The predicted molar refractivity (Wildman–Crippen MR) is 58.1 cm³/mol. The van der Waals surface area contributed by atoms with E-state index in [1.807, 2.05) is 0 Å². The molecule has 0 saturated heterocycles. The second-order valence-electron chi connectivity index (χ2n) is 8.90. The molecule has 8 aliphatic carbocycles. The van der Waals surface area contributed by atoms with E-state index >= 15 is 0 Å². The highest BCUT2D eigenvalue weighted by molar-refractivity contribution is 5.37. The Morgan fingerprint density at radius 3 is 0.875 bits per heavy atom. The van der Waals surface area contributed by atoms with Crippen LogP contribution in [-0.2, 0) is 0 Å². The van der Waals surface area contributed by atoms with Gasteiger partial charge in [-0.15, -0.1) is 0 Å². The molecule has 8 fully saturated rings. The Kier molecular flexibility index (Phi) is 0.646. The summed E-state index contributed by atoms with van der Waals surface area (Å²) in [4.78, 5) is 0. The lowest BCUT2D eigenvalue weighted by Gasteiger charge is -2.88. The van der Waals surface area contributed by atoms with Crippen LogP contribution < -0.4 is 0 Å².